The molecule has 0 bridgehead atoms. The number of benzene rings is 1. The van der Waals surface area contributed by atoms with E-state index < -0.39 is 5.97 Å². The maximum absolute atomic E-state index is 11.7. The third-order valence-corrected chi connectivity index (χ3v) is 2.63. The Bertz CT molecular complexity index is 598. The van der Waals surface area contributed by atoms with Crippen LogP contribution in [0.3, 0.4) is 0 Å². The lowest BCUT2D eigenvalue weighted by Crippen LogP contribution is -2.14. The van der Waals surface area contributed by atoms with Crippen molar-refractivity contribution in [2.24, 2.45) is 10.7 Å². The summed E-state index contributed by atoms with van der Waals surface area (Å²) in [5, 5.41) is 3.12. The monoisotopic (exact) mass is 327 g/mol. The van der Waals surface area contributed by atoms with Gasteiger partial charge in [0.05, 0.1) is 17.2 Å². The second-order valence-corrected chi connectivity index (χ2v) is 4.62. The SMILES string of the molecule is C=C(Cl)/N=C(Nc1cccc(C(=O)OCC)c1)\C(Cl)=C/N. The summed E-state index contributed by atoms with van der Waals surface area (Å²) in [6.45, 7) is 5.50. The summed E-state index contributed by atoms with van der Waals surface area (Å²) in [6.07, 6.45) is 1.17. The van der Waals surface area contributed by atoms with Crippen molar-refractivity contribution in [2.75, 3.05) is 11.9 Å². The van der Waals surface area contributed by atoms with E-state index in [1.807, 2.05) is 0 Å². The third kappa shape index (κ3) is 5.49. The fraction of sp³-hybridized carbons (Fsp3) is 0.143. The first-order valence-electron chi connectivity index (χ1n) is 6.03. The van der Waals surface area contributed by atoms with Gasteiger partial charge in [-0.3, -0.25) is 0 Å². The quantitative estimate of drug-likeness (QED) is 0.376. The van der Waals surface area contributed by atoms with Gasteiger partial charge >= 0.3 is 5.97 Å². The zero-order chi connectivity index (χ0) is 15.8. The van der Waals surface area contributed by atoms with Crippen molar-refractivity contribution in [1.29, 1.82) is 0 Å². The standard InChI is InChI=1S/C14H15Cl2N3O2/c1-3-21-14(20)10-5-4-6-11(7-10)19-13(12(16)8-17)18-9(2)15/h4-8H,2-3,17H2,1H3,(H,18,19)/b12-8+. The molecule has 0 saturated carbocycles. The summed E-state index contributed by atoms with van der Waals surface area (Å²) < 4.78 is 4.93. The first kappa shape index (κ1) is 17.1. The number of nitrogens with two attached hydrogens (primary N) is 1. The molecule has 0 aliphatic rings. The molecule has 0 unspecified atom stereocenters. The van der Waals surface area contributed by atoms with E-state index in [-0.39, 0.29) is 16.0 Å². The molecular formula is C14H15Cl2N3O2. The molecular weight excluding hydrogens is 313 g/mol. The Balaban J connectivity index is 3.03. The van der Waals surface area contributed by atoms with Crippen LogP contribution in [0.1, 0.15) is 17.3 Å². The van der Waals surface area contributed by atoms with Crippen molar-refractivity contribution in [3.8, 4) is 0 Å². The van der Waals surface area contributed by atoms with Crippen molar-refractivity contribution in [2.45, 2.75) is 6.92 Å². The molecule has 0 fully saturated rings. The fourth-order valence-electron chi connectivity index (χ4n) is 1.42. The Morgan fingerprint density at radius 1 is 1.52 bits per heavy atom. The van der Waals surface area contributed by atoms with E-state index in [0.29, 0.717) is 17.9 Å². The van der Waals surface area contributed by atoms with Crippen LogP contribution in [0.4, 0.5) is 5.69 Å². The van der Waals surface area contributed by atoms with Gasteiger partial charge in [-0.15, -0.1) is 0 Å². The first-order valence-corrected chi connectivity index (χ1v) is 6.78. The van der Waals surface area contributed by atoms with Crippen molar-refractivity contribution in [1.82, 2.24) is 0 Å². The summed E-state index contributed by atoms with van der Waals surface area (Å²) in [5.74, 6) is -0.193. The van der Waals surface area contributed by atoms with Crippen LogP contribution in [0.15, 0.2) is 52.2 Å². The Kier molecular flexibility index (Phi) is 6.78. The Morgan fingerprint density at radius 3 is 2.81 bits per heavy atom. The Hall–Kier alpha value is -1.98. The van der Waals surface area contributed by atoms with Crippen LogP contribution >= 0.6 is 23.2 Å². The van der Waals surface area contributed by atoms with Gasteiger partial charge in [0.1, 0.15) is 5.16 Å². The van der Waals surface area contributed by atoms with E-state index in [0.717, 1.165) is 0 Å². The number of halogens is 2. The van der Waals surface area contributed by atoms with Crippen LogP contribution < -0.4 is 11.1 Å². The number of hydrogen-bond donors (Lipinski definition) is 2. The molecule has 1 aromatic carbocycles. The number of carbonyl (C=O) groups excluding carboxylic acids is 1. The maximum Gasteiger partial charge on any atom is 0.338 e. The molecule has 5 nitrogen and oxygen atoms in total. The summed E-state index contributed by atoms with van der Waals surface area (Å²) >= 11 is 11.6. The van der Waals surface area contributed by atoms with Gasteiger partial charge in [-0.1, -0.05) is 35.8 Å². The minimum atomic E-state index is -0.415. The van der Waals surface area contributed by atoms with E-state index in [2.05, 4.69) is 16.9 Å². The van der Waals surface area contributed by atoms with Crippen LogP contribution in [-0.4, -0.2) is 18.4 Å². The highest BCUT2D eigenvalue weighted by Gasteiger charge is 2.09. The van der Waals surface area contributed by atoms with Crippen molar-refractivity contribution in [3.63, 3.8) is 0 Å². The van der Waals surface area contributed by atoms with Gasteiger partial charge in [-0.2, -0.15) is 0 Å². The lowest BCUT2D eigenvalue weighted by atomic mass is 10.2. The molecule has 0 spiro atoms. The smallest absolute Gasteiger partial charge is 0.338 e. The average Bonchev–Trinajstić information content (AvgIpc) is 2.46. The second kappa shape index (κ2) is 8.34. The predicted molar refractivity (Wildman–Crippen MR) is 86.6 cm³/mol. The lowest BCUT2D eigenvalue weighted by molar-refractivity contribution is 0.0526. The van der Waals surface area contributed by atoms with E-state index in [1.54, 1.807) is 31.2 Å². The summed E-state index contributed by atoms with van der Waals surface area (Å²) in [7, 11) is 0. The van der Waals surface area contributed by atoms with Crippen LogP contribution in [0, 0.1) is 0 Å². The molecule has 0 radical (unpaired) electrons. The highest BCUT2D eigenvalue weighted by Crippen LogP contribution is 2.16. The molecule has 1 aromatic rings. The van der Waals surface area contributed by atoms with Gasteiger partial charge in [0.2, 0.25) is 0 Å². The molecule has 0 aromatic heterocycles. The number of amidine groups is 1. The maximum atomic E-state index is 11.7. The van der Waals surface area contributed by atoms with Gasteiger partial charge in [0.15, 0.2) is 5.84 Å². The second-order valence-electron chi connectivity index (χ2n) is 3.78. The average molecular weight is 328 g/mol. The zero-order valence-electron chi connectivity index (χ0n) is 11.4. The van der Waals surface area contributed by atoms with Crippen LogP contribution in [0.5, 0.6) is 0 Å². The number of hydrogen-bond acceptors (Lipinski definition) is 4. The number of nitrogens with zero attached hydrogens (tertiary/aromatic N) is 1. The van der Waals surface area contributed by atoms with Gasteiger partial charge in [-0.25, -0.2) is 9.79 Å². The van der Waals surface area contributed by atoms with E-state index >= 15 is 0 Å². The van der Waals surface area contributed by atoms with Crippen molar-refractivity contribution < 1.29 is 9.53 Å². The van der Waals surface area contributed by atoms with Crippen molar-refractivity contribution in [3.05, 3.63) is 52.8 Å². The molecule has 112 valence electrons. The summed E-state index contributed by atoms with van der Waals surface area (Å²) in [5.41, 5.74) is 6.34. The molecule has 0 atom stereocenters. The first-order chi connectivity index (χ1) is 9.97. The van der Waals surface area contributed by atoms with E-state index in [4.69, 9.17) is 33.7 Å². The van der Waals surface area contributed by atoms with Gasteiger partial charge in [0, 0.05) is 11.9 Å². The predicted octanol–water partition coefficient (Wildman–Crippen LogP) is 3.42. The number of ether oxygens (including phenoxy) is 1. The normalized spacial score (nSPS) is 12.0. The van der Waals surface area contributed by atoms with Gasteiger partial charge in [-0.05, 0) is 25.1 Å². The molecule has 3 N–H and O–H groups in total. The zero-order valence-corrected chi connectivity index (χ0v) is 12.9. The summed E-state index contributed by atoms with van der Waals surface area (Å²) in [6, 6.07) is 6.67. The molecule has 0 heterocycles. The number of esters is 1. The molecule has 0 aliphatic carbocycles. The van der Waals surface area contributed by atoms with Gasteiger partial charge in [0.25, 0.3) is 0 Å². The molecule has 0 amide bonds. The van der Waals surface area contributed by atoms with Gasteiger partial charge < -0.3 is 15.8 Å². The molecule has 7 heteroatoms. The van der Waals surface area contributed by atoms with E-state index in [9.17, 15) is 4.79 Å². The van der Waals surface area contributed by atoms with Crippen molar-refractivity contribution >= 4 is 40.7 Å². The minimum Gasteiger partial charge on any atom is -0.462 e. The fourth-order valence-corrected chi connectivity index (χ4v) is 1.59. The number of aliphatic imine (C=N–C) groups is 1. The Morgan fingerprint density at radius 2 is 2.24 bits per heavy atom. The van der Waals surface area contributed by atoms with E-state index in [1.165, 1.54) is 6.20 Å². The molecule has 0 saturated heterocycles. The molecule has 1 rings (SSSR count). The van der Waals surface area contributed by atoms with Crippen LogP contribution in [0.25, 0.3) is 0 Å². The van der Waals surface area contributed by atoms with Crippen LogP contribution in [-0.2, 0) is 4.74 Å². The Labute approximate surface area is 133 Å². The number of rotatable bonds is 5. The highest BCUT2D eigenvalue weighted by molar-refractivity contribution is 6.45. The number of anilines is 1. The largest absolute Gasteiger partial charge is 0.462 e. The lowest BCUT2D eigenvalue weighted by Gasteiger charge is -2.10. The topological polar surface area (TPSA) is 76.7 Å². The molecule has 21 heavy (non-hydrogen) atoms. The third-order valence-electron chi connectivity index (χ3n) is 2.24. The minimum absolute atomic E-state index is 0.0408. The highest BCUT2D eigenvalue weighted by atomic mass is 35.5. The van der Waals surface area contributed by atoms with Crippen LogP contribution in [0.2, 0.25) is 0 Å². The molecule has 0 aliphatic heterocycles. The number of nitrogens with one attached hydrogen (secondary N) is 1. The summed E-state index contributed by atoms with van der Waals surface area (Å²) in [4.78, 5) is 15.6. The number of carbonyl (C=O) groups is 1.